The smallest absolute Gasteiger partial charge is 0.220 e. The molecular formula is C19H25N3OS. The molecule has 128 valence electrons. The van der Waals surface area contributed by atoms with Crippen LogP contribution in [0, 0.1) is 0 Å². The standard InChI is InChI=1S/C19H25N3OS/c1-15(22-11-5-6-12-22)13-20-18(23)10-9-17-14-24-19(21-17)16-7-3-2-4-8-16/h2-4,7-8,14-15H,5-6,9-13H2,1H3,(H,20,23). The number of benzene rings is 1. The van der Waals surface area contributed by atoms with Gasteiger partial charge in [-0.15, -0.1) is 11.3 Å². The van der Waals surface area contributed by atoms with Crippen LogP contribution in [0.5, 0.6) is 0 Å². The Bertz CT molecular complexity index is 650. The van der Waals surface area contributed by atoms with Crippen molar-refractivity contribution in [1.82, 2.24) is 15.2 Å². The van der Waals surface area contributed by atoms with Gasteiger partial charge in [-0.2, -0.15) is 0 Å². The number of aromatic nitrogens is 1. The summed E-state index contributed by atoms with van der Waals surface area (Å²) in [4.78, 5) is 19.2. The number of nitrogens with zero attached hydrogens (tertiary/aromatic N) is 2. The molecule has 1 atom stereocenters. The monoisotopic (exact) mass is 343 g/mol. The molecule has 24 heavy (non-hydrogen) atoms. The Labute approximate surface area is 147 Å². The van der Waals surface area contributed by atoms with Gasteiger partial charge in [0.1, 0.15) is 5.01 Å². The van der Waals surface area contributed by atoms with Crippen LogP contribution in [0.15, 0.2) is 35.7 Å². The molecule has 1 aromatic carbocycles. The molecule has 1 aromatic heterocycles. The number of nitrogens with one attached hydrogen (secondary N) is 1. The topological polar surface area (TPSA) is 45.2 Å². The summed E-state index contributed by atoms with van der Waals surface area (Å²) in [5.41, 5.74) is 2.14. The third-order valence-corrected chi connectivity index (χ3v) is 5.48. The predicted molar refractivity (Wildman–Crippen MR) is 99.1 cm³/mol. The highest BCUT2D eigenvalue weighted by Crippen LogP contribution is 2.23. The van der Waals surface area contributed by atoms with Gasteiger partial charge in [0.25, 0.3) is 0 Å². The van der Waals surface area contributed by atoms with Crippen LogP contribution in [0.1, 0.15) is 31.9 Å². The summed E-state index contributed by atoms with van der Waals surface area (Å²) in [5, 5.41) is 6.14. The fourth-order valence-corrected chi connectivity index (χ4v) is 3.90. The summed E-state index contributed by atoms with van der Waals surface area (Å²) < 4.78 is 0. The van der Waals surface area contributed by atoms with Crippen LogP contribution < -0.4 is 5.32 Å². The zero-order chi connectivity index (χ0) is 16.8. The molecule has 0 spiro atoms. The highest BCUT2D eigenvalue weighted by atomic mass is 32.1. The lowest BCUT2D eigenvalue weighted by Crippen LogP contribution is -2.40. The van der Waals surface area contributed by atoms with Gasteiger partial charge in [0.2, 0.25) is 5.91 Å². The van der Waals surface area contributed by atoms with Gasteiger partial charge in [0, 0.05) is 30.0 Å². The first-order valence-electron chi connectivity index (χ1n) is 8.73. The quantitative estimate of drug-likeness (QED) is 0.838. The third kappa shape index (κ3) is 4.65. The highest BCUT2D eigenvalue weighted by molar-refractivity contribution is 7.13. The van der Waals surface area contributed by atoms with Crippen molar-refractivity contribution < 1.29 is 4.79 Å². The number of thiazole rings is 1. The Morgan fingerprint density at radius 1 is 1.29 bits per heavy atom. The van der Waals surface area contributed by atoms with E-state index < -0.39 is 0 Å². The van der Waals surface area contributed by atoms with Crippen LogP contribution >= 0.6 is 11.3 Å². The molecular weight excluding hydrogens is 318 g/mol. The van der Waals surface area contributed by atoms with Crippen LogP contribution in [0.25, 0.3) is 10.6 Å². The molecule has 1 aliphatic heterocycles. The van der Waals surface area contributed by atoms with Crippen molar-refractivity contribution >= 4 is 17.2 Å². The molecule has 3 rings (SSSR count). The average Bonchev–Trinajstić information content (AvgIpc) is 3.30. The van der Waals surface area contributed by atoms with Crippen molar-refractivity contribution in [2.75, 3.05) is 19.6 Å². The first-order chi connectivity index (χ1) is 11.7. The summed E-state index contributed by atoms with van der Waals surface area (Å²) in [6.45, 7) is 5.26. The molecule has 4 nitrogen and oxygen atoms in total. The number of carbonyl (C=O) groups excluding carboxylic acids is 1. The maximum absolute atomic E-state index is 12.1. The van der Waals surface area contributed by atoms with Gasteiger partial charge in [-0.05, 0) is 39.3 Å². The summed E-state index contributed by atoms with van der Waals surface area (Å²) in [6.07, 6.45) is 3.77. The molecule has 1 aliphatic rings. The lowest BCUT2D eigenvalue weighted by Gasteiger charge is -2.23. The Kier molecular flexibility index (Phi) is 5.99. The molecule has 1 amide bonds. The van der Waals surface area contributed by atoms with E-state index >= 15 is 0 Å². The molecule has 2 heterocycles. The van der Waals surface area contributed by atoms with Crippen LogP contribution in [0.4, 0.5) is 0 Å². The fraction of sp³-hybridized carbons (Fsp3) is 0.474. The normalized spacial score (nSPS) is 16.2. The summed E-state index contributed by atoms with van der Waals surface area (Å²) in [5.74, 6) is 0.121. The number of likely N-dealkylation sites (tertiary alicyclic amines) is 1. The molecule has 1 N–H and O–H groups in total. The van der Waals surface area contributed by atoms with E-state index in [4.69, 9.17) is 0 Å². The molecule has 1 unspecified atom stereocenters. The van der Waals surface area contributed by atoms with Crippen LogP contribution in [0.2, 0.25) is 0 Å². The van der Waals surface area contributed by atoms with E-state index in [0.29, 0.717) is 18.9 Å². The average molecular weight is 343 g/mol. The zero-order valence-electron chi connectivity index (χ0n) is 14.2. The summed E-state index contributed by atoms with van der Waals surface area (Å²) in [6, 6.07) is 10.6. The Morgan fingerprint density at radius 2 is 2.04 bits per heavy atom. The SMILES string of the molecule is CC(CNC(=O)CCc1csc(-c2ccccc2)n1)N1CCCC1. The Morgan fingerprint density at radius 3 is 2.79 bits per heavy atom. The Hall–Kier alpha value is -1.72. The van der Waals surface area contributed by atoms with Crippen molar-refractivity contribution in [3.8, 4) is 10.6 Å². The van der Waals surface area contributed by atoms with Crippen molar-refractivity contribution in [2.24, 2.45) is 0 Å². The van der Waals surface area contributed by atoms with E-state index in [1.54, 1.807) is 11.3 Å². The first-order valence-corrected chi connectivity index (χ1v) is 9.61. The molecule has 1 saturated heterocycles. The second kappa shape index (κ2) is 8.40. The summed E-state index contributed by atoms with van der Waals surface area (Å²) in [7, 11) is 0. The van der Waals surface area contributed by atoms with Gasteiger partial charge in [-0.3, -0.25) is 9.69 Å². The minimum atomic E-state index is 0.121. The van der Waals surface area contributed by atoms with E-state index in [-0.39, 0.29) is 5.91 Å². The zero-order valence-corrected chi connectivity index (χ0v) is 15.0. The van der Waals surface area contributed by atoms with Gasteiger partial charge in [0.15, 0.2) is 0 Å². The number of carbonyl (C=O) groups is 1. The number of rotatable bonds is 7. The van der Waals surface area contributed by atoms with Gasteiger partial charge >= 0.3 is 0 Å². The first kappa shape index (κ1) is 17.1. The molecule has 5 heteroatoms. The number of hydrogen-bond donors (Lipinski definition) is 1. The second-order valence-electron chi connectivity index (χ2n) is 6.41. The van der Waals surface area contributed by atoms with Gasteiger partial charge < -0.3 is 5.32 Å². The van der Waals surface area contributed by atoms with Gasteiger partial charge in [-0.25, -0.2) is 4.98 Å². The van der Waals surface area contributed by atoms with E-state index in [0.717, 1.165) is 35.9 Å². The van der Waals surface area contributed by atoms with Crippen LogP contribution in [-0.4, -0.2) is 41.5 Å². The van der Waals surface area contributed by atoms with Crippen LogP contribution in [0.3, 0.4) is 0 Å². The molecule has 1 fully saturated rings. The lowest BCUT2D eigenvalue weighted by atomic mass is 10.2. The fourth-order valence-electron chi connectivity index (χ4n) is 3.04. The summed E-state index contributed by atoms with van der Waals surface area (Å²) >= 11 is 1.64. The van der Waals surface area contributed by atoms with Crippen molar-refractivity contribution in [3.63, 3.8) is 0 Å². The number of amides is 1. The second-order valence-corrected chi connectivity index (χ2v) is 7.26. The van der Waals surface area contributed by atoms with Crippen molar-refractivity contribution in [2.45, 2.75) is 38.6 Å². The molecule has 0 saturated carbocycles. The van der Waals surface area contributed by atoms with Crippen molar-refractivity contribution in [3.05, 3.63) is 41.4 Å². The molecule has 0 aliphatic carbocycles. The van der Waals surface area contributed by atoms with Crippen molar-refractivity contribution in [1.29, 1.82) is 0 Å². The number of aryl methyl sites for hydroxylation is 1. The molecule has 0 radical (unpaired) electrons. The largest absolute Gasteiger partial charge is 0.355 e. The minimum Gasteiger partial charge on any atom is -0.355 e. The van der Waals surface area contributed by atoms with Crippen LogP contribution in [-0.2, 0) is 11.2 Å². The van der Waals surface area contributed by atoms with E-state index in [2.05, 4.69) is 39.6 Å². The molecule has 2 aromatic rings. The maximum atomic E-state index is 12.1. The third-order valence-electron chi connectivity index (χ3n) is 4.54. The minimum absolute atomic E-state index is 0.121. The van der Waals surface area contributed by atoms with E-state index in [1.807, 2.05) is 18.2 Å². The van der Waals surface area contributed by atoms with Gasteiger partial charge in [0.05, 0.1) is 5.69 Å². The Balaban J connectivity index is 1.42. The van der Waals surface area contributed by atoms with Gasteiger partial charge in [-0.1, -0.05) is 30.3 Å². The van der Waals surface area contributed by atoms with E-state index in [1.165, 1.54) is 12.8 Å². The predicted octanol–water partition coefficient (Wildman–Crippen LogP) is 3.34. The lowest BCUT2D eigenvalue weighted by molar-refractivity contribution is -0.121. The number of hydrogen-bond acceptors (Lipinski definition) is 4. The van der Waals surface area contributed by atoms with E-state index in [9.17, 15) is 4.79 Å². The maximum Gasteiger partial charge on any atom is 0.220 e. The highest BCUT2D eigenvalue weighted by Gasteiger charge is 2.18. The molecule has 0 bridgehead atoms.